The predicted molar refractivity (Wildman–Crippen MR) is 100 cm³/mol. The van der Waals surface area contributed by atoms with Gasteiger partial charge in [-0.2, -0.15) is 4.98 Å². The van der Waals surface area contributed by atoms with Crippen LogP contribution in [-0.4, -0.2) is 28.4 Å². The Morgan fingerprint density at radius 2 is 2.12 bits per heavy atom. The van der Waals surface area contributed by atoms with Crippen LogP contribution in [0.25, 0.3) is 10.7 Å². The highest BCUT2D eigenvalue weighted by atomic mass is 79.9. The zero-order valence-corrected chi connectivity index (χ0v) is 16.3. The van der Waals surface area contributed by atoms with Gasteiger partial charge in [0.25, 0.3) is 0 Å². The Hall–Kier alpha value is -1.90. The molecule has 1 atom stereocenters. The minimum atomic E-state index is 0.302. The summed E-state index contributed by atoms with van der Waals surface area (Å²) in [6, 6.07) is 10.5. The first-order valence-electron chi connectivity index (χ1n) is 8.48. The normalized spacial score (nSPS) is 19.3. The summed E-state index contributed by atoms with van der Waals surface area (Å²) >= 11 is 5.07. The third-order valence-electron chi connectivity index (χ3n) is 4.75. The van der Waals surface area contributed by atoms with Gasteiger partial charge < -0.3 is 14.0 Å². The van der Waals surface area contributed by atoms with Crippen LogP contribution < -0.4 is 9.47 Å². The van der Waals surface area contributed by atoms with E-state index in [4.69, 9.17) is 14.0 Å². The second kappa shape index (κ2) is 6.68. The van der Waals surface area contributed by atoms with E-state index in [2.05, 4.69) is 43.1 Å². The molecule has 2 aliphatic rings. The van der Waals surface area contributed by atoms with Gasteiger partial charge in [0.1, 0.15) is 0 Å². The van der Waals surface area contributed by atoms with E-state index in [1.165, 1.54) is 5.56 Å². The number of benzene rings is 1. The van der Waals surface area contributed by atoms with Crippen molar-refractivity contribution in [3.8, 4) is 22.2 Å². The molecule has 1 unspecified atom stereocenters. The highest BCUT2D eigenvalue weighted by Gasteiger charge is 2.29. The maximum Gasteiger partial charge on any atom is 0.241 e. The highest BCUT2D eigenvalue weighted by molar-refractivity contribution is 9.11. The lowest BCUT2D eigenvalue weighted by molar-refractivity contribution is 0.173. The van der Waals surface area contributed by atoms with Gasteiger partial charge >= 0.3 is 0 Å². The van der Waals surface area contributed by atoms with Crippen molar-refractivity contribution in [2.75, 3.05) is 13.3 Å². The van der Waals surface area contributed by atoms with Crippen molar-refractivity contribution in [2.45, 2.75) is 25.4 Å². The number of aromatic nitrogens is 2. The van der Waals surface area contributed by atoms with E-state index in [0.717, 1.165) is 39.5 Å². The van der Waals surface area contributed by atoms with Crippen LogP contribution in [0, 0.1) is 0 Å². The van der Waals surface area contributed by atoms with E-state index in [9.17, 15) is 0 Å². The summed E-state index contributed by atoms with van der Waals surface area (Å²) < 4.78 is 17.5. The maximum absolute atomic E-state index is 5.52. The van der Waals surface area contributed by atoms with Crippen LogP contribution in [0.5, 0.6) is 11.5 Å². The number of ether oxygens (including phenoxy) is 2. The first-order valence-corrected chi connectivity index (χ1v) is 10.1. The summed E-state index contributed by atoms with van der Waals surface area (Å²) in [5.41, 5.74) is 1.24. The van der Waals surface area contributed by atoms with Gasteiger partial charge in [0.2, 0.25) is 18.5 Å². The monoisotopic (exact) mass is 433 g/mol. The number of halogens is 1. The average molecular weight is 434 g/mol. The number of hydrogen-bond donors (Lipinski definition) is 0. The fourth-order valence-corrected chi connectivity index (χ4v) is 4.85. The van der Waals surface area contributed by atoms with E-state index in [1.807, 2.05) is 18.2 Å². The first kappa shape index (κ1) is 16.3. The number of likely N-dealkylation sites (tertiary alicyclic amines) is 1. The molecule has 26 heavy (non-hydrogen) atoms. The van der Waals surface area contributed by atoms with Crippen molar-refractivity contribution in [1.82, 2.24) is 15.0 Å². The maximum atomic E-state index is 5.52. The summed E-state index contributed by atoms with van der Waals surface area (Å²) in [7, 11) is 0. The summed E-state index contributed by atoms with van der Waals surface area (Å²) in [6.45, 7) is 1.97. The Kier molecular flexibility index (Phi) is 4.18. The van der Waals surface area contributed by atoms with Crippen molar-refractivity contribution < 1.29 is 14.0 Å². The van der Waals surface area contributed by atoms with Crippen LogP contribution in [0.1, 0.15) is 30.3 Å². The summed E-state index contributed by atoms with van der Waals surface area (Å²) in [5, 5.41) is 4.13. The lowest BCUT2D eigenvalue weighted by Crippen LogP contribution is -2.22. The van der Waals surface area contributed by atoms with Crippen LogP contribution in [0.15, 0.2) is 38.6 Å². The van der Waals surface area contributed by atoms with E-state index >= 15 is 0 Å². The zero-order chi connectivity index (χ0) is 17.5. The van der Waals surface area contributed by atoms with Gasteiger partial charge in [0.15, 0.2) is 11.5 Å². The van der Waals surface area contributed by atoms with Crippen LogP contribution in [0.3, 0.4) is 0 Å². The molecule has 4 heterocycles. The SMILES string of the molecule is Brc1ccc(-c2noc(CN3CCCC3c3ccc4c(c3)OCO4)n2)s1. The Labute approximate surface area is 162 Å². The second-order valence-corrected chi connectivity index (χ2v) is 8.82. The molecule has 0 bridgehead atoms. The van der Waals surface area contributed by atoms with Crippen molar-refractivity contribution in [2.24, 2.45) is 0 Å². The lowest BCUT2D eigenvalue weighted by Gasteiger charge is -2.23. The molecule has 1 fully saturated rings. The molecule has 1 aromatic carbocycles. The molecule has 8 heteroatoms. The molecule has 134 valence electrons. The molecule has 2 aliphatic heterocycles. The second-order valence-electron chi connectivity index (χ2n) is 6.36. The minimum Gasteiger partial charge on any atom is -0.454 e. The number of rotatable bonds is 4. The molecule has 0 saturated carbocycles. The minimum absolute atomic E-state index is 0.302. The molecule has 0 aliphatic carbocycles. The zero-order valence-electron chi connectivity index (χ0n) is 13.9. The Morgan fingerprint density at radius 3 is 3.00 bits per heavy atom. The standard InChI is InChI=1S/C18H16BrN3O3S/c19-16-6-5-15(26-16)18-20-17(25-21-18)9-22-7-1-2-12(22)11-3-4-13-14(8-11)24-10-23-13/h3-6,8,12H,1-2,7,9-10H2. The third-order valence-corrected chi connectivity index (χ3v) is 6.36. The smallest absolute Gasteiger partial charge is 0.241 e. The Balaban J connectivity index is 1.34. The molecular formula is C18H16BrN3O3S. The van der Waals surface area contributed by atoms with E-state index in [1.54, 1.807) is 11.3 Å². The Morgan fingerprint density at radius 1 is 1.19 bits per heavy atom. The van der Waals surface area contributed by atoms with Crippen LogP contribution in [0.4, 0.5) is 0 Å². The Bertz CT molecular complexity index is 941. The van der Waals surface area contributed by atoms with Gasteiger partial charge in [-0.25, -0.2) is 0 Å². The molecule has 0 N–H and O–H groups in total. The number of hydrogen-bond acceptors (Lipinski definition) is 7. The topological polar surface area (TPSA) is 60.6 Å². The van der Waals surface area contributed by atoms with Gasteiger partial charge in [-0.05, 0) is 65.1 Å². The molecule has 0 spiro atoms. The van der Waals surface area contributed by atoms with E-state index in [0.29, 0.717) is 31.1 Å². The summed E-state index contributed by atoms with van der Waals surface area (Å²) in [6.07, 6.45) is 2.26. The van der Waals surface area contributed by atoms with E-state index in [-0.39, 0.29) is 0 Å². The average Bonchev–Trinajstić information content (AvgIpc) is 3.41. The van der Waals surface area contributed by atoms with E-state index < -0.39 is 0 Å². The molecule has 0 radical (unpaired) electrons. The molecule has 3 aromatic rings. The molecule has 1 saturated heterocycles. The van der Waals surface area contributed by atoms with Crippen molar-refractivity contribution in [1.29, 1.82) is 0 Å². The van der Waals surface area contributed by atoms with Crippen LogP contribution in [-0.2, 0) is 6.54 Å². The quantitative estimate of drug-likeness (QED) is 0.597. The predicted octanol–water partition coefficient (Wildman–Crippen LogP) is 4.63. The molecule has 5 rings (SSSR count). The largest absolute Gasteiger partial charge is 0.454 e. The molecule has 0 amide bonds. The number of fused-ring (bicyclic) bond motifs is 1. The molecular weight excluding hydrogens is 418 g/mol. The molecule has 6 nitrogen and oxygen atoms in total. The lowest BCUT2D eigenvalue weighted by atomic mass is 10.0. The summed E-state index contributed by atoms with van der Waals surface area (Å²) in [4.78, 5) is 7.96. The fraction of sp³-hybridized carbons (Fsp3) is 0.333. The number of thiophene rings is 1. The molecule has 2 aromatic heterocycles. The van der Waals surface area contributed by atoms with Gasteiger partial charge in [-0.15, -0.1) is 11.3 Å². The number of nitrogens with zero attached hydrogens (tertiary/aromatic N) is 3. The highest BCUT2D eigenvalue weighted by Crippen LogP contribution is 2.39. The van der Waals surface area contributed by atoms with Crippen LogP contribution >= 0.6 is 27.3 Å². The van der Waals surface area contributed by atoms with Crippen LogP contribution in [0.2, 0.25) is 0 Å². The van der Waals surface area contributed by atoms with Gasteiger partial charge in [0.05, 0.1) is 15.2 Å². The fourth-order valence-electron chi connectivity index (χ4n) is 3.54. The van der Waals surface area contributed by atoms with Gasteiger partial charge in [-0.1, -0.05) is 11.2 Å². The van der Waals surface area contributed by atoms with Crippen molar-refractivity contribution in [3.05, 3.63) is 45.6 Å². The van der Waals surface area contributed by atoms with Gasteiger partial charge in [0, 0.05) is 6.04 Å². The summed E-state index contributed by atoms with van der Waals surface area (Å²) in [5.74, 6) is 2.95. The first-order chi connectivity index (χ1) is 12.8. The third kappa shape index (κ3) is 3.02. The van der Waals surface area contributed by atoms with Crippen molar-refractivity contribution >= 4 is 27.3 Å². The van der Waals surface area contributed by atoms with Crippen molar-refractivity contribution in [3.63, 3.8) is 0 Å². The van der Waals surface area contributed by atoms with Gasteiger partial charge in [-0.3, -0.25) is 4.90 Å².